The van der Waals surface area contributed by atoms with E-state index < -0.39 is 0 Å². The molecule has 1 N–H and O–H groups in total. The number of thiophene rings is 1. The second-order valence-electron chi connectivity index (χ2n) is 4.27. The van der Waals surface area contributed by atoms with Crippen LogP contribution in [-0.2, 0) is 6.42 Å². The predicted octanol–water partition coefficient (Wildman–Crippen LogP) is 4.82. The first-order valence-corrected chi connectivity index (χ1v) is 8.10. The number of hydrogen-bond donors (Lipinski definition) is 1. The van der Waals surface area contributed by atoms with Gasteiger partial charge in [-0.3, -0.25) is 0 Å². The highest BCUT2D eigenvalue weighted by atomic mass is 127. The van der Waals surface area contributed by atoms with Crippen molar-refractivity contribution in [3.8, 4) is 0 Å². The first kappa shape index (κ1) is 14.3. The summed E-state index contributed by atoms with van der Waals surface area (Å²) in [6.07, 6.45) is 0.965. The van der Waals surface area contributed by atoms with Crippen LogP contribution in [0.4, 0.5) is 0 Å². The number of nitrogens with one attached hydrogen (secondary N) is 1. The summed E-state index contributed by atoms with van der Waals surface area (Å²) in [6.45, 7) is 2.06. The summed E-state index contributed by atoms with van der Waals surface area (Å²) in [5.74, 6) is 0. The molecule has 0 radical (unpaired) electrons. The summed E-state index contributed by atoms with van der Waals surface area (Å²) >= 11 is 10.4. The van der Waals surface area contributed by atoms with E-state index in [0.29, 0.717) is 0 Å². The van der Waals surface area contributed by atoms with Crippen molar-refractivity contribution in [2.45, 2.75) is 19.4 Å². The van der Waals surface area contributed by atoms with Crippen LogP contribution in [0.15, 0.2) is 29.6 Å². The van der Waals surface area contributed by atoms with E-state index >= 15 is 0 Å². The van der Waals surface area contributed by atoms with Gasteiger partial charge < -0.3 is 5.32 Å². The van der Waals surface area contributed by atoms with E-state index in [1.807, 2.05) is 7.05 Å². The molecular formula is C14H15ClINS. The lowest BCUT2D eigenvalue weighted by molar-refractivity contribution is 0.602. The molecule has 0 aliphatic carbocycles. The van der Waals surface area contributed by atoms with Crippen molar-refractivity contribution in [3.05, 3.63) is 54.2 Å². The first-order valence-electron chi connectivity index (χ1n) is 5.77. The Morgan fingerprint density at radius 3 is 2.50 bits per heavy atom. The van der Waals surface area contributed by atoms with E-state index in [4.69, 9.17) is 11.6 Å². The molecule has 0 aliphatic rings. The molecule has 0 saturated carbocycles. The van der Waals surface area contributed by atoms with Crippen molar-refractivity contribution in [2.75, 3.05) is 7.05 Å². The van der Waals surface area contributed by atoms with Gasteiger partial charge >= 0.3 is 0 Å². The molecule has 0 bridgehead atoms. The maximum absolute atomic E-state index is 6.34. The molecule has 1 heterocycles. The Morgan fingerprint density at radius 1 is 1.33 bits per heavy atom. The monoisotopic (exact) mass is 391 g/mol. The summed E-state index contributed by atoms with van der Waals surface area (Å²) in [6, 6.07) is 8.94. The fraction of sp³-hybridized carbons (Fsp3) is 0.286. The predicted molar refractivity (Wildman–Crippen MR) is 88.7 cm³/mol. The molecule has 0 fully saturated rings. The highest BCUT2D eigenvalue weighted by molar-refractivity contribution is 14.1. The molecule has 4 heteroatoms. The van der Waals surface area contributed by atoms with Gasteiger partial charge in [0, 0.05) is 14.5 Å². The maximum Gasteiger partial charge on any atom is 0.0590 e. The van der Waals surface area contributed by atoms with Crippen molar-refractivity contribution in [1.29, 1.82) is 0 Å². The number of likely N-dealkylation sites (N-methyl/N-ethyl adjacent to an activating group) is 1. The third kappa shape index (κ3) is 3.26. The number of rotatable bonds is 4. The van der Waals surface area contributed by atoms with Crippen LogP contribution >= 0.6 is 45.5 Å². The van der Waals surface area contributed by atoms with Gasteiger partial charge in [0.15, 0.2) is 0 Å². The average Bonchev–Trinajstić information content (AvgIpc) is 2.70. The minimum Gasteiger partial charge on any atom is -0.312 e. The van der Waals surface area contributed by atoms with Crippen molar-refractivity contribution in [2.24, 2.45) is 0 Å². The Kier molecular flexibility index (Phi) is 5.06. The summed E-state index contributed by atoms with van der Waals surface area (Å²) in [5.41, 5.74) is 2.50. The van der Waals surface area contributed by atoms with Gasteiger partial charge in [-0.2, -0.15) is 0 Å². The molecule has 2 rings (SSSR count). The average molecular weight is 392 g/mol. The van der Waals surface area contributed by atoms with Gasteiger partial charge in [0.2, 0.25) is 0 Å². The number of halogens is 2. The molecule has 1 unspecified atom stereocenters. The van der Waals surface area contributed by atoms with Gasteiger partial charge in [-0.15, -0.1) is 11.3 Å². The van der Waals surface area contributed by atoms with Crippen LogP contribution in [0.2, 0.25) is 5.02 Å². The van der Waals surface area contributed by atoms with E-state index in [9.17, 15) is 0 Å². The van der Waals surface area contributed by atoms with Crippen molar-refractivity contribution < 1.29 is 0 Å². The molecule has 0 amide bonds. The quantitative estimate of drug-likeness (QED) is 0.737. The fourth-order valence-corrected chi connectivity index (χ4v) is 3.66. The molecule has 18 heavy (non-hydrogen) atoms. The Bertz CT molecular complexity index is 521. The van der Waals surface area contributed by atoms with Gasteiger partial charge in [0.05, 0.1) is 5.02 Å². The molecule has 1 aromatic heterocycles. The van der Waals surface area contributed by atoms with Crippen molar-refractivity contribution >= 4 is 45.5 Å². The van der Waals surface area contributed by atoms with Gasteiger partial charge in [-0.1, -0.05) is 23.7 Å². The van der Waals surface area contributed by atoms with Crippen LogP contribution < -0.4 is 5.32 Å². The summed E-state index contributed by atoms with van der Waals surface area (Å²) in [4.78, 5) is 1.23. The van der Waals surface area contributed by atoms with Crippen LogP contribution in [0, 0.1) is 10.5 Å². The zero-order valence-electron chi connectivity index (χ0n) is 10.3. The summed E-state index contributed by atoms with van der Waals surface area (Å²) < 4.78 is 1.27. The van der Waals surface area contributed by atoms with E-state index in [2.05, 4.69) is 64.5 Å². The maximum atomic E-state index is 6.34. The lowest BCUT2D eigenvalue weighted by Gasteiger charge is -2.15. The van der Waals surface area contributed by atoms with Gasteiger partial charge in [0.1, 0.15) is 0 Å². The third-order valence-corrected chi connectivity index (χ3v) is 5.49. The van der Waals surface area contributed by atoms with Gasteiger partial charge in [0.25, 0.3) is 0 Å². The third-order valence-electron chi connectivity index (χ3n) is 2.94. The van der Waals surface area contributed by atoms with Gasteiger partial charge in [-0.25, -0.2) is 0 Å². The van der Waals surface area contributed by atoms with E-state index in [1.54, 1.807) is 11.3 Å². The Morgan fingerprint density at radius 2 is 2.00 bits per heavy atom. The standard InChI is InChI=1S/C14H15ClINS/c1-9-8-18-14(13(9)15)12(17-2)7-10-3-5-11(16)6-4-10/h3-6,8,12,17H,7H2,1-2H3. The van der Waals surface area contributed by atoms with Gasteiger partial charge in [-0.05, 0) is 71.6 Å². The van der Waals surface area contributed by atoms with E-state index in [-0.39, 0.29) is 6.04 Å². The Labute approximate surface area is 131 Å². The second kappa shape index (κ2) is 6.37. The summed E-state index contributed by atoms with van der Waals surface area (Å²) in [7, 11) is 1.99. The molecule has 1 nitrogen and oxygen atoms in total. The molecule has 0 spiro atoms. The Balaban J connectivity index is 2.19. The lowest BCUT2D eigenvalue weighted by Crippen LogP contribution is -2.18. The van der Waals surface area contributed by atoms with Crippen LogP contribution in [0.1, 0.15) is 22.0 Å². The molecule has 0 aliphatic heterocycles. The van der Waals surface area contributed by atoms with Crippen LogP contribution in [0.25, 0.3) is 0 Å². The highest BCUT2D eigenvalue weighted by Crippen LogP contribution is 2.33. The molecular weight excluding hydrogens is 377 g/mol. The first-order chi connectivity index (χ1) is 8.61. The van der Waals surface area contributed by atoms with Crippen LogP contribution in [0.5, 0.6) is 0 Å². The SMILES string of the molecule is CNC(Cc1ccc(I)cc1)c1scc(C)c1Cl. The topological polar surface area (TPSA) is 12.0 Å². The minimum absolute atomic E-state index is 0.288. The second-order valence-corrected chi connectivity index (χ2v) is 6.80. The zero-order chi connectivity index (χ0) is 13.1. The lowest BCUT2D eigenvalue weighted by atomic mass is 10.0. The molecule has 0 saturated heterocycles. The smallest absolute Gasteiger partial charge is 0.0590 e. The zero-order valence-corrected chi connectivity index (χ0v) is 14.1. The van der Waals surface area contributed by atoms with Crippen LogP contribution in [-0.4, -0.2) is 7.05 Å². The molecule has 2 aromatic rings. The molecule has 1 aromatic carbocycles. The summed E-state index contributed by atoms with van der Waals surface area (Å²) in [5, 5.41) is 6.39. The minimum atomic E-state index is 0.288. The highest BCUT2D eigenvalue weighted by Gasteiger charge is 2.16. The fourth-order valence-electron chi connectivity index (χ4n) is 1.87. The Hall–Kier alpha value is -0.100. The number of aryl methyl sites for hydroxylation is 1. The molecule has 1 atom stereocenters. The van der Waals surface area contributed by atoms with Crippen molar-refractivity contribution in [3.63, 3.8) is 0 Å². The van der Waals surface area contributed by atoms with E-state index in [0.717, 1.165) is 11.4 Å². The normalized spacial score (nSPS) is 12.7. The van der Waals surface area contributed by atoms with Crippen LogP contribution in [0.3, 0.4) is 0 Å². The molecule has 96 valence electrons. The van der Waals surface area contributed by atoms with E-state index in [1.165, 1.54) is 19.6 Å². The number of hydrogen-bond acceptors (Lipinski definition) is 2. The van der Waals surface area contributed by atoms with Crippen molar-refractivity contribution in [1.82, 2.24) is 5.32 Å². The largest absolute Gasteiger partial charge is 0.312 e. The number of benzene rings is 1.